The predicted molar refractivity (Wildman–Crippen MR) is 83.5 cm³/mol. The number of halogens is 2. The molecule has 3 nitrogen and oxygen atoms in total. The van der Waals surface area contributed by atoms with Gasteiger partial charge in [-0.1, -0.05) is 28.1 Å². The number of carbonyl (C=O) groups excluding carboxylic acids is 1. The summed E-state index contributed by atoms with van der Waals surface area (Å²) >= 11 is 3.24. The normalized spacial score (nSPS) is 10.5. The lowest BCUT2D eigenvalue weighted by Gasteiger charge is -2.10. The van der Waals surface area contributed by atoms with Crippen LogP contribution in [0.5, 0.6) is 0 Å². The molecule has 0 unspecified atom stereocenters. The Balaban J connectivity index is 2.13. The lowest BCUT2D eigenvalue weighted by atomic mass is 10.0. The van der Waals surface area contributed by atoms with E-state index in [0.717, 1.165) is 11.1 Å². The maximum Gasteiger partial charge on any atom is 0.338 e. The van der Waals surface area contributed by atoms with Crippen molar-refractivity contribution in [3.05, 3.63) is 62.9 Å². The third kappa shape index (κ3) is 3.61. The van der Waals surface area contributed by atoms with Gasteiger partial charge in [0.2, 0.25) is 0 Å². The molecule has 2 N–H and O–H groups in total. The molecule has 0 fully saturated rings. The maximum absolute atomic E-state index is 13.0. The molecule has 2 aromatic rings. The van der Waals surface area contributed by atoms with Gasteiger partial charge in [0.05, 0.1) is 5.56 Å². The standard InChI is InChI=1S/C16H15BrFNO2/c1-9-5-10(2)15(19)7-13(9)16(20)21-8-11-3-4-12(18)6-14(11)17/h3-7H,8,19H2,1-2H3. The van der Waals surface area contributed by atoms with E-state index in [1.54, 1.807) is 12.1 Å². The Morgan fingerprint density at radius 1 is 1.24 bits per heavy atom. The van der Waals surface area contributed by atoms with Crippen molar-refractivity contribution in [1.82, 2.24) is 0 Å². The van der Waals surface area contributed by atoms with Crippen molar-refractivity contribution in [2.45, 2.75) is 20.5 Å². The molecule has 0 radical (unpaired) electrons. The predicted octanol–water partition coefficient (Wildman–Crippen LogP) is 4.14. The van der Waals surface area contributed by atoms with Crippen LogP contribution in [0, 0.1) is 19.7 Å². The number of aryl methyl sites for hydroxylation is 2. The van der Waals surface area contributed by atoms with Gasteiger partial charge in [0.15, 0.2) is 0 Å². The summed E-state index contributed by atoms with van der Waals surface area (Å²) in [5.41, 5.74) is 9.24. The molecule has 0 saturated heterocycles. The van der Waals surface area contributed by atoms with Gasteiger partial charge in [0, 0.05) is 15.7 Å². The Labute approximate surface area is 131 Å². The number of carbonyl (C=O) groups is 1. The second kappa shape index (κ2) is 6.26. The van der Waals surface area contributed by atoms with Crippen molar-refractivity contribution in [3.63, 3.8) is 0 Å². The molecule has 0 aliphatic rings. The summed E-state index contributed by atoms with van der Waals surface area (Å²) in [4.78, 5) is 12.1. The molecule has 0 spiro atoms. The molecule has 110 valence electrons. The van der Waals surface area contributed by atoms with Gasteiger partial charge >= 0.3 is 5.97 Å². The number of nitrogen functional groups attached to an aromatic ring is 1. The Kier molecular flexibility index (Phi) is 4.63. The monoisotopic (exact) mass is 351 g/mol. The van der Waals surface area contributed by atoms with Crippen LogP contribution in [0.1, 0.15) is 27.0 Å². The highest BCUT2D eigenvalue weighted by molar-refractivity contribution is 9.10. The lowest BCUT2D eigenvalue weighted by Crippen LogP contribution is -2.09. The van der Waals surface area contributed by atoms with Crippen LogP contribution in [-0.2, 0) is 11.3 Å². The van der Waals surface area contributed by atoms with E-state index in [1.165, 1.54) is 12.1 Å². The van der Waals surface area contributed by atoms with E-state index in [1.807, 2.05) is 19.9 Å². The highest BCUT2D eigenvalue weighted by Gasteiger charge is 2.13. The van der Waals surface area contributed by atoms with Gasteiger partial charge in [-0.25, -0.2) is 9.18 Å². The molecule has 0 atom stereocenters. The molecular weight excluding hydrogens is 337 g/mol. The van der Waals surface area contributed by atoms with Gasteiger partial charge in [0.1, 0.15) is 12.4 Å². The largest absolute Gasteiger partial charge is 0.457 e. The Bertz CT molecular complexity index is 701. The summed E-state index contributed by atoms with van der Waals surface area (Å²) < 4.78 is 18.8. The number of rotatable bonds is 3. The fraction of sp³-hybridized carbons (Fsp3) is 0.188. The first kappa shape index (κ1) is 15.5. The minimum Gasteiger partial charge on any atom is -0.457 e. The average molecular weight is 352 g/mol. The second-order valence-corrected chi connectivity index (χ2v) is 5.69. The number of hydrogen-bond acceptors (Lipinski definition) is 3. The SMILES string of the molecule is Cc1cc(C)c(C(=O)OCc2ccc(F)cc2Br)cc1N. The number of hydrogen-bond donors (Lipinski definition) is 1. The van der Waals surface area contributed by atoms with Crippen molar-refractivity contribution in [2.75, 3.05) is 5.73 Å². The molecule has 5 heteroatoms. The van der Waals surface area contributed by atoms with Crippen LogP contribution in [0.4, 0.5) is 10.1 Å². The molecule has 0 aromatic heterocycles. The van der Waals surface area contributed by atoms with E-state index in [2.05, 4.69) is 15.9 Å². The zero-order valence-electron chi connectivity index (χ0n) is 11.7. The first-order chi connectivity index (χ1) is 9.88. The number of esters is 1. The van der Waals surface area contributed by atoms with E-state index in [9.17, 15) is 9.18 Å². The van der Waals surface area contributed by atoms with Gasteiger partial charge in [-0.15, -0.1) is 0 Å². The first-order valence-electron chi connectivity index (χ1n) is 6.36. The van der Waals surface area contributed by atoms with E-state index in [-0.39, 0.29) is 12.4 Å². The van der Waals surface area contributed by atoms with Crippen molar-refractivity contribution in [3.8, 4) is 0 Å². The Hall–Kier alpha value is -1.88. The summed E-state index contributed by atoms with van der Waals surface area (Å²) in [5, 5.41) is 0. The molecule has 0 bridgehead atoms. The van der Waals surface area contributed by atoms with Gasteiger partial charge in [-0.05, 0) is 43.2 Å². The highest BCUT2D eigenvalue weighted by atomic mass is 79.9. The molecule has 0 heterocycles. The summed E-state index contributed by atoms with van der Waals surface area (Å²) in [6, 6.07) is 7.69. The molecule has 2 rings (SSSR count). The van der Waals surface area contributed by atoms with Crippen molar-refractivity contribution in [2.24, 2.45) is 0 Å². The fourth-order valence-electron chi connectivity index (χ4n) is 1.95. The van der Waals surface area contributed by atoms with Crippen LogP contribution >= 0.6 is 15.9 Å². The van der Waals surface area contributed by atoms with Gasteiger partial charge < -0.3 is 10.5 Å². The van der Waals surface area contributed by atoms with Crippen molar-refractivity contribution in [1.29, 1.82) is 0 Å². The molecule has 0 aliphatic heterocycles. The minimum atomic E-state index is -0.449. The number of benzene rings is 2. The zero-order valence-corrected chi connectivity index (χ0v) is 13.3. The van der Waals surface area contributed by atoms with Gasteiger partial charge in [-0.2, -0.15) is 0 Å². The summed E-state index contributed by atoms with van der Waals surface area (Å²) in [6.45, 7) is 3.77. The Morgan fingerprint density at radius 2 is 1.95 bits per heavy atom. The molecule has 0 saturated carbocycles. The number of anilines is 1. The highest BCUT2D eigenvalue weighted by Crippen LogP contribution is 2.21. The molecule has 2 aromatic carbocycles. The van der Waals surface area contributed by atoms with E-state index >= 15 is 0 Å². The third-order valence-electron chi connectivity index (χ3n) is 3.21. The van der Waals surface area contributed by atoms with Crippen LogP contribution in [0.25, 0.3) is 0 Å². The smallest absolute Gasteiger partial charge is 0.338 e. The average Bonchev–Trinajstić information content (AvgIpc) is 2.41. The Morgan fingerprint density at radius 3 is 2.62 bits per heavy atom. The van der Waals surface area contributed by atoms with Crippen LogP contribution in [0.3, 0.4) is 0 Å². The topological polar surface area (TPSA) is 52.3 Å². The van der Waals surface area contributed by atoms with Gasteiger partial charge in [-0.3, -0.25) is 0 Å². The minimum absolute atomic E-state index is 0.0624. The first-order valence-corrected chi connectivity index (χ1v) is 7.15. The molecular formula is C16H15BrFNO2. The maximum atomic E-state index is 13.0. The summed E-state index contributed by atoms with van der Waals surface area (Å²) in [7, 11) is 0. The van der Waals surface area contributed by atoms with Crippen molar-refractivity contribution >= 4 is 27.6 Å². The zero-order chi connectivity index (χ0) is 15.6. The quantitative estimate of drug-likeness (QED) is 0.667. The van der Waals surface area contributed by atoms with E-state index in [4.69, 9.17) is 10.5 Å². The fourth-order valence-corrected chi connectivity index (χ4v) is 2.41. The van der Waals surface area contributed by atoms with E-state index < -0.39 is 5.97 Å². The van der Waals surface area contributed by atoms with Crippen LogP contribution in [-0.4, -0.2) is 5.97 Å². The number of ether oxygens (including phenoxy) is 1. The van der Waals surface area contributed by atoms with E-state index in [0.29, 0.717) is 21.3 Å². The molecule has 0 amide bonds. The summed E-state index contributed by atoms with van der Waals surface area (Å²) in [5.74, 6) is -0.797. The second-order valence-electron chi connectivity index (χ2n) is 4.84. The van der Waals surface area contributed by atoms with Crippen LogP contribution in [0.15, 0.2) is 34.8 Å². The molecule has 0 aliphatic carbocycles. The van der Waals surface area contributed by atoms with Gasteiger partial charge in [0.25, 0.3) is 0 Å². The van der Waals surface area contributed by atoms with Crippen LogP contribution < -0.4 is 5.73 Å². The van der Waals surface area contributed by atoms with Crippen molar-refractivity contribution < 1.29 is 13.9 Å². The summed E-state index contributed by atoms with van der Waals surface area (Å²) in [6.07, 6.45) is 0. The lowest BCUT2D eigenvalue weighted by molar-refractivity contribution is 0.0471. The number of nitrogens with two attached hydrogens (primary N) is 1. The third-order valence-corrected chi connectivity index (χ3v) is 3.95. The van der Waals surface area contributed by atoms with Crippen LogP contribution in [0.2, 0.25) is 0 Å². The molecule has 21 heavy (non-hydrogen) atoms.